The van der Waals surface area contributed by atoms with Crippen molar-refractivity contribution in [3.8, 4) is 11.3 Å². The second-order valence-electron chi connectivity index (χ2n) is 10.6. The molecule has 1 aromatic carbocycles. The van der Waals surface area contributed by atoms with Crippen molar-refractivity contribution in [2.45, 2.75) is 76.7 Å². The Labute approximate surface area is 194 Å². The third-order valence-electron chi connectivity index (χ3n) is 7.45. The Morgan fingerprint density at radius 2 is 1.74 bits per heavy atom. The Balaban J connectivity index is 1.31. The zero-order valence-electron chi connectivity index (χ0n) is 19.1. The summed E-state index contributed by atoms with van der Waals surface area (Å²) in [7, 11) is 0. The van der Waals surface area contributed by atoms with Gasteiger partial charge < -0.3 is 0 Å². The van der Waals surface area contributed by atoms with Crippen LogP contribution in [0.15, 0.2) is 35.2 Å². The topological polar surface area (TPSA) is 29.0 Å². The van der Waals surface area contributed by atoms with Gasteiger partial charge in [-0.05, 0) is 66.8 Å². The van der Waals surface area contributed by atoms with Crippen LogP contribution in [-0.4, -0.2) is 28.0 Å². The van der Waals surface area contributed by atoms with Crippen LogP contribution in [0.2, 0.25) is 0 Å². The zero-order chi connectivity index (χ0) is 21.6. The van der Waals surface area contributed by atoms with Crippen molar-refractivity contribution in [3.05, 3.63) is 56.3 Å². The van der Waals surface area contributed by atoms with Crippen molar-refractivity contribution in [3.63, 3.8) is 0 Å². The lowest BCUT2D eigenvalue weighted by Gasteiger charge is -2.42. The maximum absolute atomic E-state index is 5.13. The molecular formula is C26H33N3S2. The van der Waals surface area contributed by atoms with Gasteiger partial charge in [-0.1, -0.05) is 39.8 Å². The predicted octanol–water partition coefficient (Wildman–Crippen LogP) is 7.00. The smallest absolute Gasteiger partial charge is 0.107 e. The molecule has 3 aromatic rings. The lowest BCUT2D eigenvalue weighted by molar-refractivity contribution is 0.204. The molecule has 3 nitrogen and oxygen atoms in total. The monoisotopic (exact) mass is 451 g/mol. The second-order valence-corrected chi connectivity index (χ2v) is 12.4. The van der Waals surface area contributed by atoms with E-state index in [2.05, 4.69) is 66.5 Å². The summed E-state index contributed by atoms with van der Waals surface area (Å²) in [6.45, 7) is 12.9. The summed E-state index contributed by atoms with van der Waals surface area (Å²) in [6, 6.07) is 7.12. The van der Waals surface area contributed by atoms with Crippen LogP contribution < -0.4 is 0 Å². The van der Waals surface area contributed by atoms with Crippen LogP contribution in [0.25, 0.3) is 11.3 Å². The third kappa shape index (κ3) is 4.24. The molecule has 0 radical (unpaired) electrons. The van der Waals surface area contributed by atoms with Crippen LogP contribution in [-0.2, 0) is 17.4 Å². The van der Waals surface area contributed by atoms with E-state index < -0.39 is 0 Å². The van der Waals surface area contributed by atoms with Crippen molar-refractivity contribution < 1.29 is 0 Å². The largest absolute Gasteiger partial charge is 0.297 e. The van der Waals surface area contributed by atoms with Gasteiger partial charge in [0.1, 0.15) is 5.01 Å². The average molecular weight is 452 g/mol. The lowest BCUT2D eigenvalue weighted by atomic mass is 9.63. The van der Waals surface area contributed by atoms with Crippen molar-refractivity contribution in [2.24, 2.45) is 0 Å². The molecule has 1 fully saturated rings. The van der Waals surface area contributed by atoms with Gasteiger partial charge in [0.05, 0.1) is 17.2 Å². The van der Waals surface area contributed by atoms with Gasteiger partial charge in [0.2, 0.25) is 0 Å². The molecule has 0 atom stereocenters. The highest BCUT2D eigenvalue weighted by atomic mass is 32.1. The molecular weight excluding hydrogens is 418 g/mol. The summed E-state index contributed by atoms with van der Waals surface area (Å²) in [6.07, 6.45) is 6.81. The zero-order valence-corrected chi connectivity index (χ0v) is 20.8. The highest BCUT2D eigenvalue weighted by Crippen LogP contribution is 2.47. The maximum Gasteiger partial charge on any atom is 0.107 e. The summed E-state index contributed by atoms with van der Waals surface area (Å²) in [5.74, 6) is 0.597. The number of rotatable bonds is 4. The van der Waals surface area contributed by atoms with Gasteiger partial charge in [0.25, 0.3) is 0 Å². The summed E-state index contributed by atoms with van der Waals surface area (Å²) in [5.41, 5.74) is 6.00. The Morgan fingerprint density at radius 1 is 1.00 bits per heavy atom. The van der Waals surface area contributed by atoms with Gasteiger partial charge in [0.15, 0.2) is 0 Å². The van der Waals surface area contributed by atoms with Gasteiger partial charge in [-0.3, -0.25) is 4.90 Å². The molecule has 164 valence electrons. The molecule has 5 rings (SSSR count). The number of hydrogen-bond donors (Lipinski definition) is 0. The minimum absolute atomic E-state index is 0.240. The first-order valence-electron chi connectivity index (χ1n) is 11.5. The van der Waals surface area contributed by atoms with E-state index in [9.17, 15) is 0 Å². The number of hydrogen-bond acceptors (Lipinski definition) is 5. The van der Waals surface area contributed by atoms with Crippen LogP contribution in [0.1, 0.15) is 80.4 Å². The van der Waals surface area contributed by atoms with E-state index in [1.165, 1.54) is 52.4 Å². The number of aromatic nitrogens is 2. The molecule has 0 amide bonds. The maximum atomic E-state index is 5.13. The van der Waals surface area contributed by atoms with Crippen LogP contribution in [0, 0.1) is 0 Å². The van der Waals surface area contributed by atoms with E-state index in [0.717, 1.165) is 25.3 Å². The highest BCUT2D eigenvalue weighted by molar-refractivity contribution is 7.10. The molecule has 31 heavy (non-hydrogen) atoms. The Hall–Kier alpha value is -1.56. The van der Waals surface area contributed by atoms with Gasteiger partial charge in [-0.2, -0.15) is 0 Å². The van der Waals surface area contributed by atoms with Crippen LogP contribution in [0.4, 0.5) is 0 Å². The standard InChI is InChI=1S/C26H33N3S2/c1-25(2)9-10-26(3,4)21-15-19(5-6-20(21)25)22-17-31-24(28-22)18-7-12-29(13-8-18)16-23-27-11-14-30-23/h5-6,11,14-15,17-18H,7-10,12-13,16H2,1-4H3. The Kier molecular flexibility index (Phi) is 5.56. The summed E-state index contributed by atoms with van der Waals surface area (Å²) in [5, 5.41) is 6.90. The van der Waals surface area contributed by atoms with Crippen molar-refractivity contribution in [1.29, 1.82) is 0 Å². The van der Waals surface area contributed by atoms with E-state index in [1.54, 1.807) is 11.3 Å². The molecule has 0 spiro atoms. The molecule has 1 aliphatic carbocycles. The van der Waals surface area contributed by atoms with E-state index in [4.69, 9.17) is 4.98 Å². The van der Waals surface area contributed by atoms with Crippen molar-refractivity contribution >= 4 is 22.7 Å². The SMILES string of the molecule is CC1(C)CCC(C)(C)c2cc(-c3csc(C4CCN(Cc5nccs5)CC4)n3)ccc21. The third-order valence-corrected chi connectivity index (χ3v) is 9.22. The van der Waals surface area contributed by atoms with Gasteiger partial charge in [-0.25, -0.2) is 9.97 Å². The number of nitrogens with zero attached hydrogens (tertiary/aromatic N) is 3. The lowest BCUT2D eigenvalue weighted by Crippen LogP contribution is -2.33. The Morgan fingerprint density at radius 3 is 2.45 bits per heavy atom. The van der Waals surface area contributed by atoms with E-state index in [-0.39, 0.29) is 10.8 Å². The summed E-state index contributed by atoms with van der Waals surface area (Å²) < 4.78 is 0. The molecule has 0 bridgehead atoms. The number of piperidine rings is 1. The molecule has 2 aliphatic rings. The van der Waals surface area contributed by atoms with Gasteiger partial charge in [0, 0.05) is 28.4 Å². The van der Waals surface area contributed by atoms with Gasteiger partial charge in [-0.15, -0.1) is 22.7 Å². The predicted molar refractivity (Wildman–Crippen MR) is 132 cm³/mol. The molecule has 3 heterocycles. The fourth-order valence-corrected chi connectivity index (χ4v) is 6.87. The minimum Gasteiger partial charge on any atom is -0.297 e. The van der Waals surface area contributed by atoms with E-state index in [1.807, 2.05) is 17.5 Å². The first kappa shape index (κ1) is 21.3. The van der Waals surface area contributed by atoms with Gasteiger partial charge >= 0.3 is 0 Å². The quantitative estimate of drug-likeness (QED) is 0.428. The van der Waals surface area contributed by atoms with Crippen LogP contribution >= 0.6 is 22.7 Å². The summed E-state index contributed by atoms with van der Waals surface area (Å²) >= 11 is 3.62. The molecule has 2 aromatic heterocycles. The Bertz CT molecular complexity index is 1040. The molecule has 0 unspecified atom stereocenters. The first-order chi connectivity index (χ1) is 14.8. The van der Waals surface area contributed by atoms with Crippen LogP contribution in [0.5, 0.6) is 0 Å². The molecule has 1 saturated heterocycles. The number of benzene rings is 1. The van der Waals surface area contributed by atoms with Crippen molar-refractivity contribution in [2.75, 3.05) is 13.1 Å². The second kappa shape index (κ2) is 8.09. The summed E-state index contributed by atoms with van der Waals surface area (Å²) in [4.78, 5) is 12.1. The van der Waals surface area contributed by atoms with E-state index >= 15 is 0 Å². The highest BCUT2D eigenvalue weighted by Gasteiger charge is 2.37. The molecule has 0 saturated carbocycles. The van der Waals surface area contributed by atoms with Crippen molar-refractivity contribution in [1.82, 2.24) is 14.9 Å². The number of likely N-dealkylation sites (tertiary alicyclic amines) is 1. The fourth-order valence-electron chi connectivity index (χ4n) is 5.22. The van der Waals surface area contributed by atoms with Crippen LogP contribution in [0.3, 0.4) is 0 Å². The number of thiazole rings is 2. The normalized spacial score (nSPS) is 21.2. The van der Waals surface area contributed by atoms with E-state index in [0.29, 0.717) is 5.92 Å². The minimum atomic E-state index is 0.240. The number of fused-ring (bicyclic) bond motifs is 1. The molecule has 5 heteroatoms. The fraction of sp³-hybridized carbons (Fsp3) is 0.538. The molecule has 1 aliphatic heterocycles. The molecule has 0 N–H and O–H groups in total. The average Bonchev–Trinajstić information content (AvgIpc) is 3.44. The first-order valence-corrected chi connectivity index (χ1v) is 13.3.